The molecule has 0 aliphatic rings. The van der Waals surface area contributed by atoms with Crippen LogP contribution in [-0.4, -0.2) is 33.8 Å². The van der Waals surface area contributed by atoms with Gasteiger partial charge in [0.25, 0.3) is 5.91 Å². The number of nitrogens with zero attached hydrogens (tertiary/aromatic N) is 3. The van der Waals surface area contributed by atoms with E-state index in [1.54, 1.807) is 43.5 Å². The minimum absolute atomic E-state index is 0.187. The molecule has 7 heteroatoms. The maximum Gasteiger partial charge on any atom is 0.337 e. The normalized spacial score (nSPS) is 11.0. The summed E-state index contributed by atoms with van der Waals surface area (Å²) in [5.41, 5.74) is 2.88. The maximum atomic E-state index is 12.6. The lowest BCUT2D eigenvalue weighted by atomic mass is 10.1. The molecule has 0 atom stereocenters. The van der Waals surface area contributed by atoms with Gasteiger partial charge in [-0.3, -0.25) is 4.79 Å². The number of hydrogen-bond donors (Lipinski definition) is 1. The summed E-state index contributed by atoms with van der Waals surface area (Å²) in [5, 5.41) is 7.97. The number of methoxy groups -OCH3 is 1. The molecule has 0 aliphatic heterocycles. The number of nitrogens with one attached hydrogen (secondary N) is 1. The van der Waals surface area contributed by atoms with Gasteiger partial charge in [0.1, 0.15) is 0 Å². The number of esters is 1. The van der Waals surface area contributed by atoms with Gasteiger partial charge in [0.05, 0.1) is 30.1 Å². The molecular weight excluding hydrogens is 332 g/mol. The zero-order chi connectivity index (χ0) is 18.8. The number of amides is 1. The van der Waals surface area contributed by atoms with Crippen molar-refractivity contribution in [2.45, 2.75) is 26.8 Å². The van der Waals surface area contributed by atoms with Gasteiger partial charge in [-0.2, -0.15) is 5.10 Å². The number of pyridine rings is 1. The van der Waals surface area contributed by atoms with E-state index in [0.717, 1.165) is 11.0 Å². The van der Waals surface area contributed by atoms with E-state index in [1.807, 2.05) is 18.5 Å². The van der Waals surface area contributed by atoms with Gasteiger partial charge in [0, 0.05) is 17.1 Å². The molecule has 134 valence electrons. The maximum absolute atomic E-state index is 12.6. The first-order valence-electron chi connectivity index (χ1n) is 8.25. The minimum Gasteiger partial charge on any atom is -0.465 e. The van der Waals surface area contributed by atoms with Gasteiger partial charge < -0.3 is 10.1 Å². The van der Waals surface area contributed by atoms with Crippen LogP contribution in [0.5, 0.6) is 0 Å². The molecule has 1 aromatic carbocycles. The Bertz CT molecular complexity index is 974. The van der Waals surface area contributed by atoms with E-state index < -0.39 is 5.97 Å². The molecule has 3 rings (SSSR count). The van der Waals surface area contributed by atoms with Crippen LogP contribution in [0.4, 0.5) is 5.69 Å². The second-order valence-electron chi connectivity index (χ2n) is 6.24. The second kappa shape index (κ2) is 6.95. The molecule has 0 saturated heterocycles. The summed E-state index contributed by atoms with van der Waals surface area (Å²) in [6, 6.07) is 8.49. The van der Waals surface area contributed by atoms with E-state index in [4.69, 9.17) is 0 Å². The van der Waals surface area contributed by atoms with E-state index in [9.17, 15) is 9.59 Å². The predicted octanol–water partition coefficient (Wildman–Crippen LogP) is 3.36. The van der Waals surface area contributed by atoms with Crippen LogP contribution in [0.1, 0.15) is 46.3 Å². The van der Waals surface area contributed by atoms with Gasteiger partial charge in [-0.1, -0.05) is 0 Å². The van der Waals surface area contributed by atoms with Crippen LogP contribution in [0.25, 0.3) is 11.0 Å². The molecule has 0 fully saturated rings. The van der Waals surface area contributed by atoms with Crippen molar-refractivity contribution in [1.29, 1.82) is 0 Å². The summed E-state index contributed by atoms with van der Waals surface area (Å²) in [5.74, 6) is -0.685. The third-order valence-electron chi connectivity index (χ3n) is 4.06. The van der Waals surface area contributed by atoms with Gasteiger partial charge >= 0.3 is 5.97 Å². The summed E-state index contributed by atoms with van der Waals surface area (Å²) in [4.78, 5) is 28.6. The predicted molar refractivity (Wildman–Crippen MR) is 98.4 cm³/mol. The Kier molecular flexibility index (Phi) is 4.71. The smallest absolute Gasteiger partial charge is 0.337 e. The number of anilines is 1. The zero-order valence-corrected chi connectivity index (χ0v) is 15.1. The van der Waals surface area contributed by atoms with Gasteiger partial charge in [-0.15, -0.1) is 0 Å². The molecule has 1 N–H and O–H groups in total. The van der Waals surface area contributed by atoms with Crippen LogP contribution >= 0.6 is 0 Å². The molecule has 0 aliphatic carbocycles. The molecule has 0 bridgehead atoms. The molecule has 3 aromatic rings. The number of rotatable bonds is 4. The molecular formula is C19H20N4O3. The number of aryl methyl sites for hydroxylation is 1. The van der Waals surface area contributed by atoms with E-state index in [0.29, 0.717) is 22.5 Å². The highest BCUT2D eigenvalue weighted by Gasteiger charge is 2.15. The van der Waals surface area contributed by atoms with Crippen molar-refractivity contribution in [3.05, 3.63) is 53.3 Å². The first-order valence-corrected chi connectivity index (χ1v) is 8.25. The van der Waals surface area contributed by atoms with Crippen molar-refractivity contribution in [3.8, 4) is 0 Å². The van der Waals surface area contributed by atoms with E-state index in [2.05, 4.69) is 20.1 Å². The van der Waals surface area contributed by atoms with E-state index in [-0.39, 0.29) is 11.9 Å². The Morgan fingerprint density at radius 1 is 1.19 bits per heavy atom. The lowest BCUT2D eigenvalue weighted by Crippen LogP contribution is -2.15. The summed E-state index contributed by atoms with van der Waals surface area (Å²) < 4.78 is 6.49. The first-order chi connectivity index (χ1) is 12.4. The second-order valence-corrected chi connectivity index (χ2v) is 6.24. The van der Waals surface area contributed by atoms with Gasteiger partial charge in [0.15, 0.2) is 5.65 Å². The Labute approximate surface area is 151 Å². The number of carbonyl (C=O) groups excluding carboxylic acids is 2. The summed E-state index contributed by atoms with van der Waals surface area (Å²) in [6.07, 6.45) is 1.71. The standard InChI is InChI=1S/C19H20N4O3/c1-11(2)23-17-14(10-20-23)9-16(12(3)21-17)18(24)22-15-7-5-13(6-8-15)19(25)26-4/h5-11H,1-4H3,(H,22,24). The third-order valence-corrected chi connectivity index (χ3v) is 4.06. The molecule has 0 unspecified atom stereocenters. The van der Waals surface area contributed by atoms with Crippen LogP contribution in [-0.2, 0) is 4.74 Å². The lowest BCUT2D eigenvalue weighted by molar-refractivity contribution is 0.0600. The fourth-order valence-corrected chi connectivity index (χ4v) is 2.68. The molecule has 2 heterocycles. The van der Waals surface area contributed by atoms with E-state index in [1.165, 1.54) is 7.11 Å². The van der Waals surface area contributed by atoms with Crippen molar-refractivity contribution in [1.82, 2.24) is 14.8 Å². The third kappa shape index (κ3) is 3.28. The van der Waals surface area contributed by atoms with Crippen molar-refractivity contribution in [3.63, 3.8) is 0 Å². The van der Waals surface area contributed by atoms with Crippen molar-refractivity contribution >= 4 is 28.6 Å². The summed E-state index contributed by atoms with van der Waals surface area (Å²) in [7, 11) is 1.32. The summed E-state index contributed by atoms with van der Waals surface area (Å²) >= 11 is 0. The number of aromatic nitrogens is 3. The SMILES string of the molecule is COC(=O)c1ccc(NC(=O)c2cc3cnn(C(C)C)c3nc2C)cc1. The molecule has 7 nitrogen and oxygen atoms in total. The first kappa shape index (κ1) is 17.6. The quantitative estimate of drug-likeness (QED) is 0.728. The molecule has 2 aromatic heterocycles. The van der Waals surface area contributed by atoms with Gasteiger partial charge in [-0.25, -0.2) is 14.5 Å². The molecule has 0 spiro atoms. The van der Waals surface area contributed by atoms with Crippen LogP contribution in [0.15, 0.2) is 36.5 Å². The number of ether oxygens (including phenoxy) is 1. The Balaban J connectivity index is 1.85. The Morgan fingerprint density at radius 2 is 1.88 bits per heavy atom. The highest BCUT2D eigenvalue weighted by atomic mass is 16.5. The van der Waals surface area contributed by atoms with Gasteiger partial charge in [0.2, 0.25) is 0 Å². The number of fused-ring (bicyclic) bond motifs is 1. The summed E-state index contributed by atoms with van der Waals surface area (Å²) in [6.45, 7) is 5.86. The van der Waals surface area contributed by atoms with Crippen LogP contribution in [0.2, 0.25) is 0 Å². The average Bonchev–Trinajstić information content (AvgIpc) is 3.03. The highest BCUT2D eigenvalue weighted by molar-refractivity contribution is 6.06. The Hall–Kier alpha value is -3.22. The number of carbonyl (C=O) groups is 2. The number of hydrogen-bond acceptors (Lipinski definition) is 5. The largest absolute Gasteiger partial charge is 0.465 e. The molecule has 0 saturated carbocycles. The van der Waals surface area contributed by atoms with E-state index >= 15 is 0 Å². The minimum atomic E-state index is -0.421. The van der Waals surface area contributed by atoms with Crippen LogP contribution in [0.3, 0.4) is 0 Å². The average molecular weight is 352 g/mol. The molecule has 0 radical (unpaired) electrons. The molecule has 26 heavy (non-hydrogen) atoms. The lowest BCUT2D eigenvalue weighted by Gasteiger charge is -2.10. The molecule has 1 amide bonds. The number of benzene rings is 1. The van der Waals surface area contributed by atoms with Crippen molar-refractivity contribution in [2.24, 2.45) is 0 Å². The fraction of sp³-hybridized carbons (Fsp3) is 0.263. The Morgan fingerprint density at radius 3 is 2.50 bits per heavy atom. The van der Waals surface area contributed by atoms with Crippen molar-refractivity contribution in [2.75, 3.05) is 12.4 Å². The zero-order valence-electron chi connectivity index (χ0n) is 15.1. The van der Waals surface area contributed by atoms with Crippen LogP contribution < -0.4 is 5.32 Å². The van der Waals surface area contributed by atoms with Crippen molar-refractivity contribution < 1.29 is 14.3 Å². The fourth-order valence-electron chi connectivity index (χ4n) is 2.68. The van der Waals surface area contributed by atoms with Gasteiger partial charge in [-0.05, 0) is 51.1 Å². The topological polar surface area (TPSA) is 86.1 Å². The highest BCUT2D eigenvalue weighted by Crippen LogP contribution is 2.20. The monoisotopic (exact) mass is 352 g/mol. The van der Waals surface area contributed by atoms with Crippen LogP contribution in [0, 0.1) is 6.92 Å².